The second-order valence-corrected chi connectivity index (χ2v) is 1.91. The van der Waals surface area contributed by atoms with Crippen LogP contribution in [0.15, 0.2) is 12.2 Å². The Bertz CT molecular complexity index is 77.0. The van der Waals surface area contributed by atoms with Crippen LogP contribution in [0, 0.1) is 0 Å². The summed E-state index contributed by atoms with van der Waals surface area (Å²) >= 11 is 0. The zero-order valence-corrected chi connectivity index (χ0v) is 6.09. The molecule has 0 saturated heterocycles. The van der Waals surface area contributed by atoms with Gasteiger partial charge in [-0.2, -0.15) is 0 Å². The first-order chi connectivity index (χ1) is 4.35. The summed E-state index contributed by atoms with van der Waals surface area (Å²) in [6.45, 7) is 2.24. The number of aliphatic hydroxyl groups is 1. The molecule has 0 aliphatic heterocycles. The Kier molecular flexibility index (Phi) is 5.57. The quantitative estimate of drug-likeness (QED) is 0.543. The molecule has 0 aromatic heterocycles. The molecule has 0 heterocycles. The summed E-state index contributed by atoms with van der Waals surface area (Å²) in [7, 11) is 1.83. The summed E-state index contributed by atoms with van der Waals surface area (Å²) in [5.41, 5.74) is 0. The van der Waals surface area contributed by atoms with Crippen molar-refractivity contribution in [3.8, 4) is 0 Å². The first kappa shape index (κ1) is 8.66. The van der Waals surface area contributed by atoms with Crippen LogP contribution in [0.1, 0.15) is 13.3 Å². The van der Waals surface area contributed by atoms with Gasteiger partial charge in [-0.15, -0.1) is 0 Å². The predicted octanol–water partition coefficient (Wildman–Crippen LogP) is 0.533. The standard InChI is InChI=1S/C7H15NO/c1-3-4-5-7(6-9)8-2/h4-5,7-9H,3,6H2,1-2H3/b5-4-/t7-/m1/s1. The summed E-state index contributed by atoms with van der Waals surface area (Å²) in [5.74, 6) is 0. The van der Waals surface area contributed by atoms with Crippen molar-refractivity contribution in [2.75, 3.05) is 13.7 Å². The summed E-state index contributed by atoms with van der Waals surface area (Å²) < 4.78 is 0. The van der Waals surface area contributed by atoms with Crippen LogP contribution in [-0.2, 0) is 0 Å². The van der Waals surface area contributed by atoms with Crippen LogP contribution in [0.5, 0.6) is 0 Å². The zero-order chi connectivity index (χ0) is 7.11. The van der Waals surface area contributed by atoms with Gasteiger partial charge < -0.3 is 10.4 Å². The smallest absolute Gasteiger partial charge is 0.0620 e. The molecule has 0 aromatic rings. The van der Waals surface area contributed by atoms with Crippen molar-refractivity contribution < 1.29 is 5.11 Å². The molecule has 1 atom stereocenters. The number of aliphatic hydroxyl groups excluding tert-OH is 1. The highest BCUT2D eigenvalue weighted by atomic mass is 16.3. The molecule has 0 bridgehead atoms. The Labute approximate surface area is 56.6 Å². The molecule has 0 aromatic carbocycles. The fourth-order valence-corrected chi connectivity index (χ4v) is 0.549. The molecule has 0 spiro atoms. The number of rotatable bonds is 4. The van der Waals surface area contributed by atoms with Crippen molar-refractivity contribution in [3.05, 3.63) is 12.2 Å². The van der Waals surface area contributed by atoms with Crippen molar-refractivity contribution in [1.29, 1.82) is 0 Å². The van der Waals surface area contributed by atoms with E-state index >= 15 is 0 Å². The molecule has 2 heteroatoms. The Hall–Kier alpha value is -0.340. The molecule has 2 nitrogen and oxygen atoms in total. The Morgan fingerprint density at radius 3 is 2.67 bits per heavy atom. The van der Waals surface area contributed by atoms with Gasteiger partial charge in [-0.25, -0.2) is 0 Å². The molecule has 0 aliphatic carbocycles. The zero-order valence-electron chi connectivity index (χ0n) is 6.09. The van der Waals surface area contributed by atoms with E-state index in [1.165, 1.54) is 0 Å². The Balaban J connectivity index is 3.41. The molecule has 2 N–H and O–H groups in total. The van der Waals surface area contributed by atoms with Crippen LogP contribution in [-0.4, -0.2) is 24.8 Å². The molecule has 54 valence electrons. The highest BCUT2D eigenvalue weighted by Gasteiger charge is 1.94. The molecule has 0 unspecified atom stereocenters. The summed E-state index contributed by atoms with van der Waals surface area (Å²) in [4.78, 5) is 0. The fraction of sp³-hybridized carbons (Fsp3) is 0.714. The fourth-order valence-electron chi connectivity index (χ4n) is 0.549. The Morgan fingerprint density at radius 2 is 2.33 bits per heavy atom. The lowest BCUT2D eigenvalue weighted by Crippen LogP contribution is -2.26. The van der Waals surface area contributed by atoms with Gasteiger partial charge in [0.2, 0.25) is 0 Å². The summed E-state index contributed by atoms with van der Waals surface area (Å²) in [6.07, 6.45) is 5.04. The minimum absolute atomic E-state index is 0.130. The van der Waals surface area contributed by atoms with Crippen molar-refractivity contribution in [1.82, 2.24) is 5.32 Å². The second kappa shape index (κ2) is 5.79. The van der Waals surface area contributed by atoms with E-state index < -0.39 is 0 Å². The van der Waals surface area contributed by atoms with Crippen LogP contribution in [0.25, 0.3) is 0 Å². The number of hydrogen-bond acceptors (Lipinski definition) is 2. The van der Waals surface area contributed by atoms with Crippen molar-refractivity contribution in [2.45, 2.75) is 19.4 Å². The molecule has 0 fully saturated rings. The minimum Gasteiger partial charge on any atom is -0.394 e. The first-order valence-corrected chi connectivity index (χ1v) is 3.30. The summed E-state index contributed by atoms with van der Waals surface area (Å²) in [6, 6.07) is 0.130. The van der Waals surface area contributed by atoms with Crippen LogP contribution in [0.2, 0.25) is 0 Å². The van der Waals surface area contributed by atoms with Gasteiger partial charge in [0.25, 0.3) is 0 Å². The maximum absolute atomic E-state index is 8.64. The number of allylic oxidation sites excluding steroid dienone is 1. The largest absolute Gasteiger partial charge is 0.394 e. The number of hydrogen-bond donors (Lipinski definition) is 2. The van der Waals surface area contributed by atoms with E-state index in [-0.39, 0.29) is 12.6 Å². The van der Waals surface area contributed by atoms with Crippen LogP contribution >= 0.6 is 0 Å². The van der Waals surface area contributed by atoms with Crippen molar-refractivity contribution in [2.24, 2.45) is 0 Å². The average molecular weight is 129 g/mol. The van der Waals surface area contributed by atoms with Crippen LogP contribution < -0.4 is 5.32 Å². The van der Waals surface area contributed by atoms with Crippen LogP contribution in [0.3, 0.4) is 0 Å². The van der Waals surface area contributed by atoms with Gasteiger partial charge in [-0.05, 0) is 13.5 Å². The molecule has 0 saturated carbocycles. The van der Waals surface area contributed by atoms with E-state index in [1.807, 2.05) is 19.2 Å². The van der Waals surface area contributed by atoms with E-state index in [0.717, 1.165) is 6.42 Å². The van der Waals surface area contributed by atoms with Gasteiger partial charge in [-0.1, -0.05) is 19.1 Å². The molecule has 0 amide bonds. The highest BCUT2D eigenvalue weighted by molar-refractivity contribution is 4.91. The normalized spacial score (nSPS) is 14.6. The molecule has 0 rings (SSSR count). The molecule has 9 heavy (non-hydrogen) atoms. The second-order valence-electron chi connectivity index (χ2n) is 1.91. The minimum atomic E-state index is 0.130. The van der Waals surface area contributed by atoms with Gasteiger partial charge >= 0.3 is 0 Å². The van der Waals surface area contributed by atoms with E-state index in [0.29, 0.717) is 0 Å². The van der Waals surface area contributed by atoms with E-state index in [9.17, 15) is 0 Å². The third-order valence-electron chi connectivity index (χ3n) is 1.17. The van der Waals surface area contributed by atoms with Crippen molar-refractivity contribution in [3.63, 3.8) is 0 Å². The lowest BCUT2D eigenvalue weighted by Gasteiger charge is -2.05. The Morgan fingerprint density at radius 1 is 1.67 bits per heavy atom. The molecular formula is C7H15NO. The third kappa shape index (κ3) is 4.18. The SMILES string of the molecule is CC/C=C\[C@H](CO)NC. The van der Waals surface area contributed by atoms with E-state index in [1.54, 1.807) is 0 Å². The molecular weight excluding hydrogens is 114 g/mol. The van der Waals surface area contributed by atoms with Crippen molar-refractivity contribution >= 4 is 0 Å². The first-order valence-electron chi connectivity index (χ1n) is 3.30. The van der Waals surface area contributed by atoms with Gasteiger partial charge in [0.05, 0.1) is 6.61 Å². The van der Waals surface area contributed by atoms with Crippen LogP contribution in [0.4, 0.5) is 0 Å². The van der Waals surface area contributed by atoms with Gasteiger partial charge in [0.15, 0.2) is 0 Å². The van der Waals surface area contributed by atoms with Gasteiger partial charge in [0.1, 0.15) is 0 Å². The topological polar surface area (TPSA) is 32.3 Å². The monoisotopic (exact) mass is 129 g/mol. The summed E-state index contributed by atoms with van der Waals surface area (Å²) in [5, 5.41) is 11.6. The third-order valence-corrected chi connectivity index (χ3v) is 1.17. The van der Waals surface area contributed by atoms with E-state index in [4.69, 9.17) is 5.11 Å². The number of likely N-dealkylation sites (N-methyl/N-ethyl adjacent to an activating group) is 1. The van der Waals surface area contributed by atoms with Gasteiger partial charge in [-0.3, -0.25) is 0 Å². The maximum Gasteiger partial charge on any atom is 0.0620 e. The average Bonchev–Trinajstić information content (AvgIpc) is 1.91. The molecule has 0 aliphatic rings. The molecule has 0 radical (unpaired) electrons. The lowest BCUT2D eigenvalue weighted by atomic mass is 10.2. The maximum atomic E-state index is 8.64. The van der Waals surface area contributed by atoms with Gasteiger partial charge in [0, 0.05) is 6.04 Å². The number of nitrogens with one attached hydrogen (secondary N) is 1. The lowest BCUT2D eigenvalue weighted by molar-refractivity contribution is 0.270. The predicted molar refractivity (Wildman–Crippen MR) is 39.4 cm³/mol. The highest BCUT2D eigenvalue weighted by Crippen LogP contribution is 1.85. The van der Waals surface area contributed by atoms with E-state index in [2.05, 4.69) is 12.2 Å².